The Morgan fingerprint density at radius 2 is 1.62 bits per heavy atom. The van der Waals surface area contributed by atoms with E-state index in [4.69, 9.17) is 0 Å². The molecule has 1 N–H and O–H groups in total. The smallest absolute Gasteiger partial charge is 0.138 e. The predicted molar refractivity (Wildman–Crippen MR) is 133 cm³/mol. The summed E-state index contributed by atoms with van der Waals surface area (Å²) in [6, 6.07) is 0. The molecule has 4 aliphatic rings. The molecule has 32 heavy (non-hydrogen) atoms. The number of hydrogen-bond acceptors (Lipinski definition) is 2. The molecule has 2 heteroatoms. The number of hydrogen-bond donors (Lipinski definition) is 1. The Bertz CT molecular complexity index is 787. The third-order valence-corrected chi connectivity index (χ3v) is 12.1. The van der Waals surface area contributed by atoms with Crippen LogP contribution in [0.5, 0.6) is 0 Å². The second-order valence-electron chi connectivity index (χ2n) is 14.1. The molecular formula is C30H50O2. The number of fused-ring (bicyclic) bond motifs is 5. The summed E-state index contributed by atoms with van der Waals surface area (Å²) in [5, 5.41) is 11.6. The van der Waals surface area contributed by atoms with E-state index >= 15 is 0 Å². The summed E-state index contributed by atoms with van der Waals surface area (Å²) in [7, 11) is 0. The maximum absolute atomic E-state index is 12.8. The van der Waals surface area contributed by atoms with Crippen molar-refractivity contribution in [2.75, 3.05) is 0 Å². The van der Waals surface area contributed by atoms with Crippen LogP contribution in [0.3, 0.4) is 0 Å². The van der Waals surface area contributed by atoms with Crippen LogP contribution in [0.25, 0.3) is 0 Å². The molecule has 0 aliphatic heterocycles. The second kappa shape index (κ2) is 7.69. The largest absolute Gasteiger partial charge is 0.390 e. The van der Waals surface area contributed by atoms with Gasteiger partial charge in [-0.25, -0.2) is 0 Å². The van der Waals surface area contributed by atoms with Gasteiger partial charge in [0.05, 0.1) is 5.60 Å². The summed E-state index contributed by atoms with van der Waals surface area (Å²) in [6.07, 6.45) is 13.5. The summed E-state index contributed by atoms with van der Waals surface area (Å²) in [4.78, 5) is 12.8. The topological polar surface area (TPSA) is 37.3 Å². The zero-order chi connectivity index (χ0) is 23.7. The molecule has 4 fully saturated rings. The summed E-state index contributed by atoms with van der Waals surface area (Å²) in [6.45, 7) is 18.7. The van der Waals surface area contributed by atoms with Crippen LogP contribution < -0.4 is 0 Å². The predicted octanol–water partition coefficient (Wildman–Crippen LogP) is 7.74. The number of Topliss-reactive ketones (excluding diaryl/α,β-unsaturated/α-hetero) is 1. The van der Waals surface area contributed by atoms with E-state index in [1.165, 1.54) is 44.1 Å². The molecule has 0 radical (unpaired) electrons. The molecule has 2 nitrogen and oxygen atoms in total. The van der Waals surface area contributed by atoms with Gasteiger partial charge in [0.1, 0.15) is 5.78 Å². The number of aliphatic hydroxyl groups is 1. The van der Waals surface area contributed by atoms with Crippen molar-refractivity contribution in [2.24, 2.45) is 45.3 Å². The first-order chi connectivity index (χ1) is 14.7. The molecular weight excluding hydrogens is 392 g/mol. The van der Waals surface area contributed by atoms with E-state index in [1.807, 2.05) is 0 Å². The Hall–Kier alpha value is -0.630. The molecule has 4 aliphatic carbocycles. The summed E-state index contributed by atoms with van der Waals surface area (Å²) in [5.41, 5.74) is 1.52. The third kappa shape index (κ3) is 3.32. The molecule has 0 spiro atoms. The van der Waals surface area contributed by atoms with E-state index < -0.39 is 5.60 Å². The molecule has 0 aromatic rings. The third-order valence-electron chi connectivity index (χ3n) is 12.1. The molecule has 0 heterocycles. The number of allylic oxidation sites excluding steroid dienone is 2. The zero-order valence-corrected chi connectivity index (χ0v) is 22.3. The van der Waals surface area contributed by atoms with Crippen LogP contribution in [0, 0.1) is 45.3 Å². The first kappa shape index (κ1) is 24.5. The van der Waals surface area contributed by atoms with Gasteiger partial charge in [-0.2, -0.15) is 0 Å². The van der Waals surface area contributed by atoms with Crippen molar-refractivity contribution >= 4 is 5.78 Å². The highest BCUT2D eigenvalue weighted by molar-refractivity contribution is 5.85. The van der Waals surface area contributed by atoms with Crippen molar-refractivity contribution < 1.29 is 9.90 Å². The molecule has 1 unspecified atom stereocenters. The number of ketones is 1. The van der Waals surface area contributed by atoms with Crippen molar-refractivity contribution in [3.8, 4) is 0 Å². The summed E-state index contributed by atoms with van der Waals surface area (Å²) >= 11 is 0. The summed E-state index contributed by atoms with van der Waals surface area (Å²) < 4.78 is 0. The van der Waals surface area contributed by atoms with E-state index in [0.29, 0.717) is 40.3 Å². The van der Waals surface area contributed by atoms with Crippen LogP contribution in [0.4, 0.5) is 0 Å². The van der Waals surface area contributed by atoms with Gasteiger partial charge in [-0.1, -0.05) is 46.3 Å². The lowest BCUT2D eigenvalue weighted by Gasteiger charge is -2.69. The molecule has 0 saturated heterocycles. The van der Waals surface area contributed by atoms with Crippen molar-refractivity contribution in [3.63, 3.8) is 0 Å². The molecule has 182 valence electrons. The Balaban J connectivity index is 1.62. The van der Waals surface area contributed by atoms with Crippen molar-refractivity contribution in [3.05, 3.63) is 11.6 Å². The Labute approximate surface area is 198 Å². The van der Waals surface area contributed by atoms with Gasteiger partial charge in [-0.05, 0) is 118 Å². The number of rotatable bonds is 4. The molecule has 4 rings (SSSR count). The van der Waals surface area contributed by atoms with Gasteiger partial charge in [-0.3, -0.25) is 4.79 Å². The maximum Gasteiger partial charge on any atom is 0.138 e. The molecule has 0 bridgehead atoms. The molecule has 0 amide bonds. The Kier molecular flexibility index (Phi) is 5.89. The fraction of sp³-hybridized carbons (Fsp3) is 0.900. The van der Waals surface area contributed by atoms with Gasteiger partial charge in [-0.15, -0.1) is 0 Å². The minimum absolute atomic E-state index is 0.168. The Morgan fingerprint density at radius 1 is 0.969 bits per heavy atom. The van der Waals surface area contributed by atoms with Crippen LogP contribution in [-0.2, 0) is 4.79 Å². The van der Waals surface area contributed by atoms with Crippen LogP contribution in [0.1, 0.15) is 120 Å². The summed E-state index contributed by atoms with van der Waals surface area (Å²) in [5.74, 6) is 2.78. The molecule has 0 aromatic heterocycles. The van der Waals surface area contributed by atoms with Gasteiger partial charge in [0.2, 0.25) is 0 Å². The lowest BCUT2D eigenvalue weighted by Crippen LogP contribution is -2.63. The highest BCUT2D eigenvalue weighted by atomic mass is 16.3. The lowest BCUT2D eigenvalue weighted by atomic mass is 9.35. The van der Waals surface area contributed by atoms with Crippen molar-refractivity contribution in [1.29, 1.82) is 0 Å². The van der Waals surface area contributed by atoms with E-state index in [9.17, 15) is 9.90 Å². The van der Waals surface area contributed by atoms with Gasteiger partial charge < -0.3 is 5.11 Å². The normalized spacial score (nSPS) is 47.1. The number of carbonyl (C=O) groups is 1. The van der Waals surface area contributed by atoms with Crippen LogP contribution in [-0.4, -0.2) is 16.5 Å². The Morgan fingerprint density at radius 3 is 2.28 bits per heavy atom. The van der Waals surface area contributed by atoms with Gasteiger partial charge in [0.25, 0.3) is 0 Å². The SMILES string of the molecule is CC(C)=CCCC(C)(O)[C@H]1CC[C@]2(C)[C@@H]1CC[C@@H]1[C@@]3(C)CCC(=O)C(C)(C)[C@@H]3CC[C@]12C. The standard InChI is InChI=1S/C30H50O2/c1-20(2)10-9-16-30(8,32)22-13-18-28(6)21(22)11-12-24-27(5)17-15-25(31)26(3,4)23(27)14-19-29(24,28)7/h10,21-24,32H,9,11-19H2,1-8H3/t21-,22+,23+,24-,27+,28-,29-,30?/m1/s1. The average molecular weight is 443 g/mol. The highest BCUT2D eigenvalue weighted by Gasteiger charge is 2.69. The van der Waals surface area contributed by atoms with Gasteiger partial charge in [0, 0.05) is 11.8 Å². The zero-order valence-electron chi connectivity index (χ0n) is 22.3. The number of carbonyl (C=O) groups excluding carboxylic acids is 1. The lowest BCUT2D eigenvalue weighted by molar-refractivity contribution is -0.207. The van der Waals surface area contributed by atoms with Gasteiger partial charge in [0.15, 0.2) is 0 Å². The maximum atomic E-state index is 12.8. The average Bonchev–Trinajstić information content (AvgIpc) is 3.04. The van der Waals surface area contributed by atoms with Crippen LogP contribution >= 0.6 is 0 Å². The van der Waals surface area contributed by atoms with E-state index in [2.05, 4.69) is 61.5 Å². The van der Waals surface area contributed by atoms with E-state index in [1.54, 1.807) is 0 Å². The first-order valence-electron chi connectivity index (χ1n) is 13.6. The van der Waals surface area contributed by atoms with Crippen LogP contribution in [0.15, 0.2) is 11.6 Å². The fourth-order valence-corrected chi connectivity index (χ4v) is 10.1. The van der Waals surface area contributed by atoms with Gasteiger partial charge >= 0.3 is 0 Å². The van der Waals surface area contributed by atoms with E-state index in [0.717, 1.165) is 25.7 Å². The molecule has 4 saturated carbocycles. The van der Waals surface area contributed by atoms with Crippen molar-refractivity contribution in [2.45, 2.75) is 125 Å². The van der Waals surface area contributed by atoms with Crippen molar-refractivity contribution in [1.82, 2.24) is 0 Å². The molecule has 8 atom stereocenters. The second-order valence-corrected chi connectivity index (χ2v) is 14.1. The van der Waals surface area contributed by atoms with E-state index in [-0.39, 0.29) is 10.8 Å². The minimum Gasteiger partial charge on any atom is -0.390 e. The minimum atomic E-state index is -0.572. The quantitative estimate of drug-likeness (QED) is 0.452. The first-order valence-corrected chi connectivity index (χ1v) is 13.6. The monoisotopic (exact) mass is 442 g/mol. The van der Waals surface area contributed by atoms with Crippen LogP contribution in [0.2, 0.25) is 0 Å². The fourth-order valence-electron chi connectivity index (χ4n) is 10.1. The highest BCUT2D eigenvalue weighted by Crippen LogP contribution is 2.75. The molecule has 0 aromatic carbocycles.